The Hall–Kier alpha value is -1.56. The van der Waals surface area contributed by atoms with Crippen LogP contribution in [0.1, 0.15) is 38.1 Å². The average Bonchev–Trinajstić information content (AvgIpc) is 2.73. The van der Waals surface area contributed by atoms with Crippen LogP contribution in [0.4, 0.5) is 4.79 Å². The SMILES string of the molecule is CN1C(=O)NC(O)C1c1nocc1C(C)(C)C. The molecule has 2 unspecified atom stereocenters. The fourth-order valence-electron chi connectivity index (χ4n) is 2.00. The van der Waals surface area contributed by atoms with E-state index in [9.17, 15) is 9.90 Å². The normalized spacial score (nSPS) is 25.2. The van der Waals surface area contributed by atoms with Crippen molar-refractivity contribution < 1.29 is 14.4 Å². The van der Waals surface area contributed by atoms with E-state index in [1.807, 2.05) is 20.8 Å². The highest BCUT2D eigenvalue weighted by Crippen LogP contribution is 2.34. The van der Waals surface area contributed by atoms with Crippen LogP contribution in [0.25, 0.3) is 0 Å². The minimum Gasteiger partial charge on any atom is -0.371 e. The summed E-state index contributed by atoms with van der Waals surface area (Å²) in [5.41, 5.74) is 1.34. The standard InChI is InChI=1S/C11H17N3O3/c1-11(2,3)6-5-17-13-7(6)8-9(15)12-10(16)14(8)4/h5,8-9,15H,1-4H3,(H,12,16). The van der Waals surface area contributed by atoms with Crippen molar-refractivity contribution in [3.05, 3.63) is 17.5 Å². The van der Waals surface area contributed by atoms with Crippen molar-refractivity contribution in [3.63, 3.8) is 0 Å². The Morgan fingerprint density at radius 3 is 2.65 bits per heavy atom. The lowest BCUT2D eigenvalue weighted by atomic mass is 9.85. The number of aliphatic hydroxyl groups is 1. The molecule has 2 N–H and O–H groups in total. The van der Waals surface area contributed by atoms with Gasteiger partial charge in [-0.25, -0.2) is 4.79 Å². The molecule has 0 radical (unpaired) electrons. The van der Waals surface area contributed by atoms with E-state index in [1.54, 1.807) is 13.3 Å². The maximum Gasteiger partial charge on any atom is 0.319 e. The van der Waals surface area contributed by atoms with Crippen molar-refractivity contribution >= 4 is 6.03 Å². The third kappa shape index (κ3) is 1.88. The zero-order valence-corrected chi connectivity index (χ0v) is 10.4. The number of aliphatic hydroxyl groups excluding tert-OH is 1. The molecular weight excluding hydrogens is 222 g/mol. The van der Waals surface area contributed by atoms with Crippen molar-refractivity contribution in [2.45, 2.75) is 38.5 Å². The first-order chi connectivity index (χ1) is 7.82. The summed E-state index contributed by atoms with van der Waals surface area (Å²) in [4.78, 5) is 12.9. The van der Waals surface area contributed by atoms with Gasteiger partial charge >= 0.3 is 6.03 Å². The first-order valence-corrected chi connectivity index (χ1v) is 5.48. The number of aromatic nitrogens is 1. The monoisotopic (exact) mass is 239 g/mol. The molecule has 2 heterocycles. The quantitative estimate of drug-likeness (QED) is 0.766. The van der Waals surface area contributed by atoms with Gasteiger partial charge in [0.15, 0.2) is 6.23 Å². The van der Waals surface area contributed by atoms with Gasteiger partial charge in [-0.2, -0.15) is 0 Å². The summed E-state index contributed by atoms with van der Waals surface area (Å²) >= 11 is 0. The van der Waals surface area contributed by atoms with Crippen LogP contribution in [0.2, 0.25) is 0 Å². The molecule has 94 valence electrons. The topological polar surface area (TPSA) is 78.6 Å². The molecule has 0 saturated carbocycles. The van der Waals surface area contributed by atoms with Gasteiger partial charge in [-0.15, -0.1) is 0 Å². The van der Waals surface area contributed by atoms with Gasteiger partial charge in [0, 0.05) is 12.6 Å². The Kier molecular flexibility index (Phi) is 2.61. The number of rotatable bonds is 1. The molecule has 0 bridgehead atoms. The van der Waals surface area contributed by atoms with E-state index < -0.39 is 12.3 Å². The molecule has 2 amide bonds. The zero-order valence-electron chi connectivity index (χ0n) is 10.4. The van der Waals surface area contributed by atoms with Gasteiger partial charge in [-0.3, -0.25) is 0 Å². The highest BCUT2D eigenvalue weighted by Gasteiger charge is 2.41. The van der Waals surface area contributed by atoms with Gasteiger partial charge in [-0.1, -0.05) is 25.9 Å². The molecule has 2 atom stereocenters. The molecule has 0 spiro atoms. The Balaban J connectivity index is 2.41. The van der Waals surface area contributed by atoms with Crippen LogP contribution in [0, 0.1) is 0 Å². The molecule has 1 aliphatic rings. The van der Waals surface area contributed by atoms with Crippen LogP contribution < -0.4 is 5.32 Å². The molecule has 6 heteroatoms. The first-order valence-electron chi connectivity index (χ1n) is 5.48. The molecule has 1 aliphatic heterocycles. The number of hydrogen-bond donors (Lipinski definition) is 2. The molecule has 1 fully saturated rings. The Morgan fingerprint density at radius 2 is 2.18 bits per heavy atom. The molecule has 2 rings (SSSR count). The fraction of sp³-hybridized carbons (Fsp3) is 0.636. The number of urea groups is 1. The molecule has 1 saturated heterocycles. The second kappa shape index (κ2) is 3.73. The van der Waals surface area contributed by atoms with Crippen molar-refractivity contribution in [3.8, 4) is 0 Å². The number of hydrogen-bond acceptors (Lipinski definition) is 4. The molecule has 1 aromatic heterocycles. The fourth-order valence-corrected chi connectivity index (χ4v) is 2.00. The van der Waals surface area contributed by atoms with Crippen molar-refractivity contribution in [1.29, 1.82) is 0 Å². The van der Waals surface area contributed by atoms with E-state index in [0.29, 0.717) is 5.69 Å². The van der Waals surface area contributed by atoms with Crippen LogP contribution in [-0.4, -0.2) is 34.5 Å². The highest BCUT2D eigenvalue weighted by molar-refractivity contribution is 5.77. The molecule has 1 aromatic rings. The van der Waals surface area contributed by atoms with Gasteiger partial charge in [0.1, 0.15) is 18.0 Å². The lowest BCUT2D eigenvalue weighted by molar-refractivity contribution is 0.110. The van der Waals surface area contributed by atoms with Crippen molar-refractivity contribution in [1.82, 2.24) is 15.4 Å². The van der Waals surface area contributed by atoms with Gasteiger partial charge in [0.05, 0.1) is 0 Å². The summed E-state index contributed by atoms with van der Waals surface area (Å²) < 4.78 is 4.99. The van der Waals surface area contributed by atoms with Crippen molar-refractivity contribution in [2.75, 3.05) is 7.05 Å². The lowest BCUT2D eigenvalue weighted by Gasteiger charge is -2.23. The lowest BCUT2D eigenvalue weighted by Crippen LogP contribution is -2.29. The van der Waals surface area contributed by atoms with Gasteiger partial charge < -0.3 is 19.8 Å². The van der Waals surface area contributed by atoms with Crippen LogP contribution in [0.3, 0.4) is 0 Å². The van der Waals surface area contributed by atoms with E-state index in [1.165, 1.54) is 4.90 Å². The number of amides is 2. The number of carbonyl (C=O) groups excluding carboxylic acids is 1. The number of nitrogens with one attached hydrogen (secondary N) is 1. The number of likely N-dealkylation sites (N-methyl/N-ethyl adjacent to an activating group) is 1. The van der Waals surface area contributed by atoms with E-state index in [4.69, 9.17) is 4.52 Å². The molecular formula is C11H17N3O3. The van der Waals surface area contributed by atoms with Crippen molar-refractivity contribution in [2.24, 2.45) is 0 Å². The molecule has 0 aliphatic carbocycles. The summed E-state index contributed by atoms with van der Waals surface area (Å²) in [6.45, 7) is 6.08. The predicted molar refractivity (Wildman–Crippen MR) is 60.2 cm³/mol. The Morgan fingerprint density at radius 1 is 1.53 bits per heavy atom. The largest absolute Gasteiger partial charge is 0.371 e. The predicted octanol–water partition coefficient (Wildman–Crippen LogP) is 0.987. The maximum atomic E-state index is 11.4. The van der Waals surface area contributed by atoms with Gasteiger partial charge in [0.25, 0.3) is 0 Å². The Labute approximate surface area is 99.6 Å². The minimum absolute atomic E-state index is 0.151. The molecule has 0 aromatic carbocycles. The zero-order chi connectivity index (χ0) is 12.8. The summed E-state index contributed by atoms with van der Waals surface area (Å²) in [6, 6.07) is -0.819. The van der Waals surface area contributed by atoms with E-state index in [2.05, 4.69) is 10.5 Å². The third-order valence-electron chi connectivity index (χ3n) is 2.99. The van der Waals surface area contributed by atoms with Gasteiger partial charge in [-0.05, 0) is 5.41 Å². The second-order valence-corrected chi connectivity index (χ2v) is 5.31. The first kappa shape index (κ1) is 11.9. The van der Waals surface area contributed by atoms with E-state index in [0.717, 1.165) is 5.56 Å². The molecule has 17 heavy (non-hydrogen) atoms. The minimum atomic E-state index is -0.960. The van der Waals surface area contributed by atoms with Crippen LogP contribution >= 0.6 is 0 Å². The Bertz CT molecular complexity index is 435. The van der Waals surface area contributed by atoms with Crippen LogP contribution in [0.15, 0.2) is 10.8 Å². The highest BCUT2D eigenvalue weighted by atomic mass is 16.5. The number of nitrogens with zero attached hydrogens (tertiary/aromatic N) is 2. The molecule has 6 nitrogen and oxygen atoms in total. The van der Waals surface area contributed by atoms with Crippen LogP contribution in [0.5, 0.6) is 0 Å². The van der Waals surface area contributed by atoms with E-state index in [-0.39, 0.29) is 11.4 Å². The second-order valence-electron chi connectivity index (χ2n) is 5.31. The summed E-state index contributed by atoms with van der Waals surface area (Å²) in [6.07, 6.45) is 0.609. The smallest absolute Gasteiger partial charge is 0.319 e. The third-order valence-corrected chi connectivity index (χ3v) is 2.99. The summed E-state index contributed by atoms with van der Waals surface area (Å²) in [5, 5.41) is 16.2. The number of carbonyl (C=O) groups is 1. The summed E-state index contributed by atoms with van der Waals surface area (Å²) in [5.74, 6) is 0. The van der Waals surface area contributed by atoms with E-state index >= 15 is 0 Å². The summed E-state index contributed by atoms with van der Waals surface area (Å²) in [7, 11) is 1.62. The van der Waals surface area contributed by atoms with Crippen LogP contribution in [-0.2, 0) is 5.41 Å². The van der Waals surface area contributed by atoms with Gasteiger partial charge in [0.2, 0.25) is 0 Å². The maximum absolute atomic E-state index is 11.4. The average molecular weight is 239 g/mol.